The van der Waals surface area contributed by atoms with Crippen LogP contribution >= 0.6 is 0 Å². The zero-order valence-electron chi connectivity index (χ0n) is 10.3. The van der Waals surface area contributed by atoms with Gasteiger partial charge in [-0.1, -0.05) is 48.5 Å². The normalized spacial score (nSPS) is 9.35. The number of nitrogens with one attached hydrogen (secondary N) is 1. The molecule has 0 aliphatic rings. The van der Waals surface area contributed by atoms with E-state index in [0.717, 1.165) is 11.1 Å². The second-order valence-corrected chi connectivity index (χ2v) is 3.75. The summed E-state index contributed by atoms with van der Waals surface area (Å²) in [6, 6.07) is 16.8. The molecule has 1 N–H and O–H groups in total. The maximum Gasteiger partial charge on any atom is 0.126 e. The van der Waals surface area contributed by atoms with Gasteiger partial charge in [0.1, 0.15) is 5.82 Å². The number of halogens is 1. The summed E-state index contributed by atoms with van der Waals surface area (Å²) >= 11 is 0. The first-order valence-electron chi connectivity index (χ1n) is 5.63. The Morgan fingerprint density at radius 1 is 0.882 bits per heavy atom. The Morgan fingerprint density at radius 3 is 2.00 bits per heavy atom. The van der Waals surface area contributed by atoms with Crippen LogP contribution in [0.15, 0.2) is 54.6 Å². The fraction of sp³-hybridized carbons (Fsp3) is 0.200. The van der Waals surface area contributed by atoms with Crippen LogP contribution in [-0.4, -0.2) is 14.1 Å². The van der Waals surface area contributed by atoms with Crippen LogP contribution in [0.1, 0.15) is 11.1 Å². The van der Waals surface area contributed by atoms with E-state index in [4.69, 9.17) is 0 Å². The number of hydrogen-bond acceptors (Lipinski definition) is 1. The lowest BCUT2D eigenvalue weighted by atomic mass is 10.0. The van der Waals surface area contributed by atoms with Crippen LogP contribution in [0.5, 0.6) is 0 Å². The summed E-state index contributed by atoms with van der Waals surface area (Å²) in [7, 11) is 3.75. The lowest BCUT2D eigenvalue weighted by molar-refractivity contribution is 0.614. The fourth-order valence-electron chi connectivity index (χ4n) is 1.46. The predicted molar refractivity (Wildman–Crippen MR) is 70.6 cm³/mol. The molecule has 0 aromatic heterocycles. The molecule has 90 valence electrons. The monoisotopic (exact) mass is 231 g/mol. The second-order valence-electron chi connectivity index (χ2n) is 3.75. The maximum atomic E-state index is 13.3. The van der Waals surface area contributed by atoms with E-state index in [9.17, 15) is 4.39 Å². The lowest BCUT2D eigenvalue weighted by Gasteiger charge is -2.02. The molecule has 0 heterocycles. The van der Waals surface area contributed by atoms with Gasteiger partial charge in [0.15, 0.2) is 0 Å². The summed E-state index contributed by atoms with van der Waals surface area (Å²) < 4.78 is 13.3. The largest absolute Gasteiger partial charge is 0.323 e. The molecule has 0 fully saturated rings. The zero-order valence-corrected chi connectivity index (χ0v) is 10.3. The van der Waals surface area contributed by atoms with Gasteiger partial charge in [0, 0.05) is 6.42 Å². The topological polar surface area (TPSA) is 12.0 Å². The molecule has 2 aromatic carbocycles. The molecule has 0 atom stereocenters. The highest BCUT2D eigenvalue weighted by Crippen LogP contribution is 2.12. The highest BCUT2D eigenvalue weighted by Gasteiger charge is 2.00. The highest BCUT2D eigenvalue weighted by molar-refractivity contribution is 5.26. The van der Waals surface area contributed by atoms with Crippen molar-refractivity contribution in [3.63, 3.8) is 0 Å². The third-order valence-corrected chi connectivity index (χ3v) is 2.20. The Labute approximate surface area is 102 Å². The van der Waals surface area contributed by atoms with E-state index < -0.39 is 0 Å². The minimum absolute atomic E-state index is 0.128. The van der Waals surface area contributed by atoms with Crippen molar-refractivity contribution in [3.8, 4) is 0 Å². The second kappa shape index (κ2) is 7.58. The molecule has 0 saturated carbocycles. The van der Waals surface area contributed by atoms with Crippen LogP contribution in [0, 0.1) is 5.82 Å². The minimum atomic E-state index is -0.128. The van der Waals surface area contributed by atoms with Gasteiger partial charge in [-0.3, -0.25) is 0 Å². The van der Waals surface area contributed by atoms with E-state index in [1.165, 1.54) is 6.07 Å². The van der Waals surface area contributed by atoms with Crippen LogP contribution in [0.4, 0.5) is 4.39 Å². The molecule has 17 heavy (non-hydrogen) atoms. The molecule has 0 saturated heterocycles. The van der Waals surface area contributed by atoms with Gasteiger partial charge in [-0.25, -0.2) is 4.39 Å². The molecule has 0 aliphatic heterocycles. The predicted octanol–water partition coefficient (Wildman–Crippen LogP) is 3.25. The van der Waals surface area contributed by atoms with Crippen LogP contribution in [0.25, 0.3) is 0 Å². The Hall–Kier alpha value is -1.67. The third kappa shape index (κ3) is 4.79. The zero-order chi connectivity index (χ0) is 12.5. The highest BCUT2D eigenvalue weighted by atomic mass is 19.1. The van der Waals surface area contributed by atoms with Crippen molar-refractivity contribution >= 4 is 0 Å². The summed E-state index contributed by atoms with van der Waals surface area (Å²) in [5, 5.41) is 2.75. The molecular formula is C15H18FN. The smallest absolute Gasteiger partial charge is 0.126 e. The van der Waals surface area contributed by atoms with E-state index in [2.05, 4.69) is 5.32 Å². The van der Waals surface area contributed by atoms with Crippen molar-refractivity contribution in [2.45, 2.75) is 6.42 Å². The molecule has 0 bridgehead atoms. The van der Waals surface area contributed by atoms with Gasteiger partial charge in [-0.15, -0.1) is 0 Å². The van der Waals surface area contributed by atoms with Crippen molar-refractivity contribution in [3.05, 3.63) is 71.5 Å². The quantitative estimate of drug-likeness (QED) is 0.836. The van der Waals surface area contributed by atoms with Gasteiger partial charge >= 0.3 is 0 Å². The summed E-state index contributed by atoms with van der Waals surface area (Å²) in [6.07, 6.45) is 0.660. The van der Waals surface area contributed by atoms with Crippen LogP contribution in [0.3, 0.4) is 0 Å². The standard InChI is InChI=1S/C13H11F.C2H7N/c14-13-9-5-4-8-12(13)10-11-6-2-1-3-7-11;1-3-2/h1-9H,10H2;3H,1-2H3. The average Bonchev–Trinajstić information content (AvgIpc) is 2.35. The SMILES string of the molecule is CNC.Fc1ccccc1Cc1ccccc1. The van der Waals surface area contributed by atoms with E-state index >= 15 is 0 Å². The number of rotatable bonds is 2. The summed E-state index contributed by atoms with van der Waals surface area (Å²) in [6.45, 7) is 0. The van der Waals surface area contributed by atoms with Gasteiger partial charge < -0.3 is 5.32 Å². The Kier molecular flexibility index (Phi) is 5.97. The third-order valence-electron chi connectivity index (χ3n) is 2.20. The van der Waals surface area contributed by atoms with Gasteiger partial charge in [-0.05, 0) is 31.3 Å². The molecule has 0 aliphatic carbocycles. The van der Waals surface area contributed by atoms with E-state index in [1.54, 1.807) is 6.07 Å². The Bertz CT molecular complexity index is 426. The first-order chi connectivity index (χ1) is 8.27. The average molecular weight is 231 g/mol. The lowest BCUT2D eigenvalue weighted by Crippen LogP contribution is -1.91. The van der Waals surface area contributed by atoms with Crippen LogP contribution in [-0.2, 0) is 6.42 Å². The van der Waals surface area contributed by atoms with E-state index in [0.29, 0.717) is 6.42 Å². The molecule has 1 nitrogen and oxygen atoms in total. The van der Waals surface area contributed by atoms with Gasteiger partial charge in [0.05, 0.1) is 0 Å². The summed E-state index contributed by atoms with van der Waals surface area (Å²) in [5.74, 6) is -0.128. The molecule has 2 aromatic rings. The van der Waals surface area contributed by atoms with Gasteiger partial charge in [0.2, 0.25) is 0 Å². The van der Waals surface area contributed by atoms with Gasteiger partial charge in [0.25, 0.3) is 0 Å². The molecule has 0 amide bonds. The minimum Gasteiger partial charge on any atom is -0.323 e. The molecule has 2 rings (SSSR count). The summed E-state index contributed by atoms with van der Waals surface area (Å²) in [4.78, 5) is 0. The van der Waals surface area contributed by atoms with Crippen LogP contribution < -0.4 is 5.32 Å². The van der Waals surface area contributed by atoms with E-state index in [1.807, 2.05) is 56.6 Å². The Balaban J connectivity index is 0.000000437. The van der Waals surface area contributed by atoms with Crippen LogP contribution in [0.2, 0.25) is 0 Å². The van der Waals surface area contributed by atoms with E-state index in [-0.39, 0.29) is 5.82 Å². The first kappa shape index (κ1) is 13.4. The van der Waals surface area contributed by atoms with Crippen molar-refractivity contribution in [1.29, 1.82) is 0 Å². The fourth-order valence-corrected chi connectivity index (χ4v) is 1.46. The number of hydrogen-bond donors (Lipinski definition) is 1. The van der Waals surface area contributed by atoms with Crippen molar-refractivity contribution < 1.29 is 4.39 Å². The molecule has 0 unspecified atom stereocenters. The van der Waals surface area contributed by atoms with Gasteiger partial charge in [-0.2, -0.15) is 0 Å². The molecular weight excluding hydrogens is 213 g/mol. The van der Waals surface area contributed by atoms with Crippen molar-refractivity contribution in [1.82, 2.24) is 5.32 Å². The first-order valence-corrected chi connectivity index (χ1v) is 5.63. The maximum absolute atomic E-state index is 13.3. The van der Waals surface area contributed by atoms with Crippen molar-refractivity contribution in [2.75, 3.05) is 14.1 Å². The molecule has 2 heteroatoms. The number of benzene rings is 2. The summed E-state index contributed by atoms with van der Waals surface area (Å²) in [5.41, 5.74) is 1.89. The molecule has 0 spiro atoms. The molecule has 0 radical (unpaired) electrons. The van der Waals surface area contributed by atoms with Crippen molar-refractivity contribution in [2.24, 2.45) is 0 Å². The Morgan fingerprint density at radius 2 is 1.41 bits per heavy atom.